The maximum absolute atomic E-state index is 5.81. The molecule has 0 saturated carbocycles. The quantitative estimate of drug-likeness (QED) is 0.487. The smallest absolute Gasteiger partial charge is 0.105 e. The van der Waals surface area contributed by atoms with Crippen LogP contribution < -0.4 is 0 Å². The Morgan fingerprint density at radius 3 is 1.93 bits per heavy atom. The molecule has 0 amide bonds. The summed E-state index contributed by atoms with van der Waals surface area (Å²) >= 11 is 11.6. The second kappa shape index (κ2) is 6.78. The highest BCUT2D eigenvalue weighted by atomic mass is 35.5. The Morgan fingerprint density at radius 2 is 1.64 bits per heavy atom. The zero-order valence-corrected chi connectivity index (χ0v) is 12.7. The van der Waals surface area contributed by atoms with Crippen LogP contribution in [0.5, 0.6) is 0 Å². The average molecular weight is 275 g/mol. The fraction of sp³-hybridized carbons (Fsp3) is 1.00. The third kappa shape index (κ3) is 8.58. The van der Waals surface area contributed by atoms with Gasteiger partial charge in [-0.25, -0.2) is 0 Å². The largest absolute Gasteiger partial charge is 0.108 e. The van der Waals surface area contributed by atoms with Crippen LogP contribution in [0.15, 0.2) is 0 Å². The molecular weight excluding hydrogens is 255 g/mol. The van der Waals surface area contributed by atoms with Crippen LogP contribution >= 0.6 is 44.8 Å². The van der Waals surface area contributed by atoms with E-state index < -0.39 is 0 Å². The van der Waals surface area contributed by atoms with Gasteiger partial charge in [0.15, 0.2) is 0 Å². The molecule has 0 radical (unpaired) electrons. The fourth-order valence-electron chi connectivity index (χ4n) is 0.804. The van der Waals surface area contributed by atoms with E-state index in [-0.39, 0.29) is 4.84 Å². The summed E-state index contributed by atoms with van der Waals surface area (Å²) in [5.74, 6) is 0.620. The number of hydrogen-bond acceptors (Lipinski definition) is 2. The van der Waals surface area contributed by atoms with Crippen LogP contribution in [0.4, 0.5) is 0 Å². The molecule has 0 heterocycles. The van der Waals surface area contributed by atoms with Gasteiger partial charge in [0.2, 0.25) is 0 Å². The summed E-state index contributed by atoms with van der Waals surface area (Å²) in [6.45, 7) is 11.1. The summed E-state index contributed by atoms with van der Waals surface area (Å²) in [6.07, 6.45) is 0.870. The Morgan fingerprint density at radius 1 is 1.14 bits per heavy atom. The summed E-state index contributed by atoms with van der Waals surface area (Å²) in [7, 11) is 3.82. The molecule has 0 rings (SSSR count). The molecule has 0 aromatic heterocycles. The van der Waals surface area contributed by atoms with Crippen molar-refractivity contribution in [3.63, 3.8) is 0 Å². The minimum Gasteiger partial charge on any atom is -0.105 e. The Bertz CT molecular complexity index is 153. The van der Waals surface area contributed by atoms with Gasteiger partial charge in [0.1, 0.15) is 4.84 Å². The monoisotopic (exact) mass is 274 g/mol. The van der Waals surface area contributed by atoms with Crippen molar-refractivity contribution in [2.45, 2.75) is 55.9 Å². The molecule has 0 aliphatic heterocycles. The third-order valence-electron chi connectivity index (χ3n) is 1.58. The maximum atomic E-state index is 5.81. The minimum atomic E-state index is -0.240. The third-order valence-corrected chi connectivity index (χ3v) is 6.04. The van der Waals surface area contributed by atoms with Crippen LogP contribution in [-0.2, 0) is 0 Å². The number of rotatable bonds is 5. The van der Waals surface area contributed by atoms with E-state index in [1.165, 1.54) is 0 Å². The van der Waals surface area contributed by atoms with Crippen LogP contribution in [0.25, 0.3) is 0 Å². The summed E-state index contributed by atoms with van der Waals surface area (Å²) in [6, 6.07) is 0. The van der Waals surface area contributed by atoms with Gasteiger partial charge in [-0.15, -0.1) is 23.2 Å². The van der Waals surface area contributed by atoms with Crippen molar-refractivity contribution in [3.05, 3.63) is 0 Å². The fourth-order valence-corrected chi connectivity index (χ4v) is 4.44. The zero-order valence-electron chi connectivity index (χ0n) is 9.51. The molecule has 0 N–H and O–H groups in total. The van der Waals surface area contributed by atoms with Crippen LogP contribution in [0.1, 0.15) is 41.0 Å². The van der Waals surface area contributed by atoms with Crippen LogP contribution in [-0.4, -0.2) is 14.8 Å². The number of halogens is 2. The molecule has 1 atom stereocenters. The van der Waals surface area contributed by atoms with Gasteiger partial charge in [-0.2, -0.15) is 0 Å². The van der Waals surface area contributed by atoms with E-state index in [1.54, 1.807) is 0 Å². The zero-order chi connectivity index (χ0) is 11.4. The van der Waals surface area contributed by atoms with E-state index in [0.29, 0.717) is 15.9 Å². The average Bonchev–Trinajstić information content (AvgIpc) is 1.94. The lowest BCUT2D eigenvalue weighted by atomic mass is 10.1. The molecule has 4 heteroatoms. The highest BCUT2D eigenvalue weighted by molar-refractivity contribution is 8.77. The van der Waals surface area contributed by atoms with E-state index in [0.717, 1.165) is 6.42 Å². The van der Waals surface area contributed by atoms with E-state index >= 15 is 0 Å². The molecule has 0 aliphatic rings. The topological polar surface area (TPSA) is 0 Å². The van der Waals surface area contributed by atoms with Gasteiger partial charge in [-0.05, 0) is 12.3 Å². The van der Waals surface area contributed by atoms with Crippen molar-refractivity contribution < 1.29 is 0 Å². The van der Waals surface area contributed by atoms with Gasteiger partial charge >= 0.3 is 0 Å². The molecule has 0 nitrogen and oxygen atoms in total. The van der Waals surface area contributed by atoms with Crippen LogP contribution in [0, 0.1) is 5.92 Å². The van der Waals surface area contributed by atoms with E-state index in [4.69, 9.17) is 23.2 Å². The Hall–Kier alpha value is 1.28. The van der Waals surface area contributed by atoms with Gasteiger partial charge in [0, 0.05) is 10.00 Å². The van der Waals surface area contributed by atoms with Crippen molar-refractivity contribution in [2.75, 3.05) is 0 Å². The highest BCUT2D eigenvalue weighted by Crippen LogP contribution is 2.42. The molecule has 0 fully saturated rings. The first-order chi connectivity index (χ1) is 6.22. The first-order valence-corrected chi connectivity index (χ1v) is 7.93. The first-order valence-electron chi connectivity index (χ1n) is 4.85. The van der Waals surface area contributed by atoms with Crippen LogP contribution in [0.2, 0.25) is 0 Å². The summed E-state index contributed by atoms with van der Waals surface area (Å²) < 4.78 is 0.298. The lowest BCUT2D eigenvalue weighted by Gasteiger charge is -2.24. The molecular formula is C10H20Cl2S2. The molecule has 0 aromatic rings. The molecule has 1 unspecified atom stereocenters. The number of alkyl halides is 2. The molecule has 0 spiro atoms. The minimum absolute atomic E-state index is 0.240. The summed E-state index contributed by atoms with van der Waals surface area (Å²) in [4.78, 5) is -0.240. The van der Waals surface area contributed by atoms with Crippen LogP contribution in [0.3, 0.4) is 0 Å². The van der Waals surface area contributed by atoms with Crippen molar-refractivity contribution in [1.29, 1.82) is 0 Å². The van der Waals surface area contributed by atoms with Gasteiger partial charge in [-0.3, -0.25) is 0 Å². The van der Waals surface area contributed by atoms with Crippen molar-refractivity contribution in [3.8, 4) is 0 Å². The Balaban J connectivity index is 3.98. The van der Waals surface area contributed by atoms with Gasteiger partial charge in [-0.1, -0.05) is 56.2 Å². The predicted molar refractivity (Wildman–Crippen MR) is 73.7 cm³/mol. The molecule has 0 saturated heterocycles. The molecule has 86 valence electrons. The second-order valence-electron chi connectivity index (χ2n) is 4.70. The molecule has 0 aliphatic carbocycles. The maximum Gasteiger partial charge on any atom is 0.108 e. The van der Waals surface area contributed by atoms with E-state index in [2.05, 4.69) is 34.6 Å². The molecule has 14 heavy (non-hydrogen) atoms. The van der Waals surface area contributed by atoms with Gasteiger partial charge < -0.3 is 0 Å². The highest BCUT2D eigenvalue weighted by Gasteiger charge is 2.21. The molecule has 0 bridgehead atoms. The Labute approximate surface area is 106 Å². The van der Waals surface area contributed by atoms with Gasteiger partial charge in [0.05, 0.1) is 0 Å². The van der Waals surface area contributed by atoms with Crippen molar-refractivity contribution in [2.24, 2.45) is 5.92 Å². The standard InChI is InChI=1S/C10H20Cl2S2/c1-7(2)8(6-9(11)12)13-14-10(3,4)5/h7-9H,6H2,1-5H3. The van der Waals surface area contributed by atoms with Gasteiger partial charge in [0.25, 0.3) is 0 Å². The second-order valence-corrected chi connectivity index (χ2v) is 9.24. The molecule has 0 aromatic carbocycles. The summed E-state index contributed by atoms with van der Waals surface area (Å²) in [5.41, 5.74) is 0. The predicted octanol–water partition coefficient (Wildman–Crippen LogP) is 5.38. The first kappa shape index (κ1) is 15.3. The van der Waals surface area contributed by atoms with E-state index in [9.17, 15) is 0 Å². The van der Waals surface area contributed by atoms with E-state index in [1.807, 2.05) is 21.6 Å². The Kier molecular flexibility index (Phi) is 7.39. The normalized spacial score (nSPS) is 15.2. The lowest BCUT2D eigenvalue weighted by molar-refractivity contribution is 0.590. The lowest BCUT2D eigenvalue weighted by Crippen LogP contribution is -2.15. The van der Waals surface area contributed by atoms with Crippen molar-refractivity contribution >= 4 is 44.8 Å². The number of hydrogen-bond donors (Lipinski definition) is 0. The van der Waals surface area contributed by atoms with Crippen molar-refractivity contribution in [1.82, 2.24) is 0 Å². The SMILES string of the molecule is CC(C)C(CC(Cl)Cl)SSC(C)(C)C. The summed E-state index contributed by atoms with van der Waals surface area (Å²) in [5, 5.41) is 0.541.